The lowest BCUT2D eigenvalue weighted by Gasteiger charge is -2.27. The summed E-state index contributed by atoms with van der Waals surface area (Å²) < 4.78 is 7.80. The lowest BCUT2D eigenvalue weighted by atomic mass is 10.1. The number of aliphatic hydroxyl groups excluding tert-OH is 1. The molecule has 2 N–H and O–H groups in total. The number of fused-ring (bicyclic) bond motifs is 3. The second kappa shape index (κ2) is 5.04. The van der Waals surface area contributed by atoms with Gasteiger partial charge in [0, 0.05) is 30.8 Å². The molecule has 120 valence electrons. The van der Waals surface area contributed by atoms with Crippen LogP contribution in [0.25, 0.3) is 22.1 Å². The van der Waals surface area contributed by atoms with Gasteiger partial charge in [0.2, 0.25) is 0 Å². The summed E-state index contributed by atoms with van der Waals surface area (Å²) in [5.74, 6) is 1.17. The van der Waals surface area contributed by atoms with E-state index in [2.05, 4.69) is 20.6 Å². The number of H-pyrrole nitrogens is 1. The van der Waals surface area contributed by atoms with Gasteiger partial charge in [0.1, 0.15) is 23.1 Å². The van der Waals surface area contributed by atoms with Crippen molar-refractivity contribution in [2.24, 2.45) is 5.92 Å². The molecule has 2 fully saturated rings. The standard InChI is InChI=1S/C17H20N4O2/c22-15(10-1-2-10)17-20-13-9-19-16-12(3-6-18-16)14(13)21(17)11-4-7-23-8-5-11/h3,6,9-11,15,22H,1-2,4-5,7-8H2,(H,18,19). The van der Waals surface area contributed by atoms with Gasteiger partial charge in [-0.05, 0) is 37.7 Å². The molecule has 0 radical (unpaired) electrons. The first-order valence-electron chi connectivity index (χ1n) is 8.42. The number of imidazole rings is 1. The predicted molar refractivity (Wildman–Crippen MR) is 86.2 cm³/mol. The van der Waals surface area contributed by atoms with Gasteiger partial charge in [0.05, 0.1) is 11.7 Å². The molecular weight excluding hydrogens is 292 g/mol. The largest absolute Gasteiger partial charge is 0.385 e. The molecule has 1 unspecified atom stereocenters. The van der Waals surface area contributed by atoms with E-state index in [-0.39, 0.29) is 0 Å². The van der Waals surface area contributed by atoms with Crippen molar-refractivity contribution in [1.29, 1.82) is 0 Å². The van der Waals surface area contributed by atoms with E-state index in [0.29, 0.717) is 12.0 Å². The maximum absolute atomic E-state index is 10.8. The van der Waals surface area contributed by atoms with E-state index in [1.54, 1.807) is 0 Å². The van der Waals surface area contributed by atoms with Crippen LogP contribution in [0, 0.1) is 5.92 Å². The minimum absolute atomic E-state index is 0.331. The number of aromatic amines is 1. The quantitative estimate of drug-likeness (QED) is 0.779. The summed E-state index contributed by atoms with van der Waals surface area (Å²) >= 11 is 0. The van der Waals surface area contributed by atoms with Crippen LogP contribution >= 0.6 is 0 Å². The van der Waals surface area contributed by atoms with E-state index in [1.165, 1.54) is 0 Å². The summed E-state index contributed by atoms with van der Waals surface area (Å²) in [6.07, 6.45) is 7.36. The third-order valence-electron chi connectivity index (χ3n) is 5.15. The molecule has 1 atom stereocenters. The van der Waals surface area contributed by atoms with Gasteiger partial charge in [-0.2, -0.15) is 0 Å². The topological polar surface area (TPSA) is 76.0 Å². The monoisotopic (exact) mass is 312 g/mol. The number of hydrogen-bond donors (Lipinski definition) is 2. The zero-order chi connectivity index (χ0) is 15.4. The number of nitrogens with zero attached hydrogens (tertiary/aromatic N) is 3. The van der Waals surface area contributed by atoms with Gasteiger partial charge in [0.15, 0.2) is 0 Å². The van der Waals surface area contributed by atoms with Gasteiger partial charge in [-0.15, -0.1) is 0 Å². The number of pyridine rings is 1. The second-order valence-electron chi connectivity index (χ2n) is 6.70. The van der Waals surface area contributed by atoms with Crippen molar-refractivity contribution in [2.45, 2.75) is 37.8 Å². The number of aromatic nitrogens is 4. The smallest absolute Gasteiger partial charge is 0.139 e. The van der Waals surface area contributed by atoms with Crippen LogP contribution < -0.4 is 0 Å². The maximum Gasteiger partial charge on any atom is 0.139 e. The highest BCUT2D eigenvalue weighted by molar-refractivity contribution is 6.01. The van der Waals surface area contributed by atoms with Gasteiger partial charge in [-0.3, -0.25) is 0 Å². The summed E-state index contributed by atoms with van der Waals surface area (Å²) in [5.41, 5.74) is 2.84. The van der Waals surface area contributed by atoms with Crippen LogP contribution in [0.2, 0.25) is 0 Å². The molecule has 6 heteroatoms. The normalized spacial score (nSPS) is 21.3. The molecule has 2 aliphatic rings. The molecule has 1 saturated heterocycles. The van der Waals surface area contributed by atoms with Crippen LogP contribution in [0.4, 0.5) is 0 Å². The van der Waals surface area contributed by atoms with Gasteiger partial charge >= 0.3 is 0 Å². The zero-order valence-corrected chi connectivity index (χ0v) is 12.9. The van der Waals surface area contributed by atoms with Crippen molar-refractivity contribution in [3.05, 3.63) is 24.3 Å². The lowest BCUT2D eigenvalue weighted by Crippen LogP contribution is -2.22. The number of hydrogen-bond acceptors (Lipinski definition) is 4. The van der Waals surface area contributed by atoms with Crippen molar-refractivity contribution >= 4 is 22.1 Å². The summed E-state index contributed by atoms with van der Waals surface area (Å²) in [6, 6.07) is 2.38. The lowest BCUT2D eigenvalue weighted by molar-refractivity contribution is 0.0651. The molecule has 1 aliphatic carbocycles. The average Bonchev–Trinajstić information content (AvgIpc) is 3.19. The molecule has 3 aromatic heterocycles. The van der Waals surface area contributed by atoms with E-state index < -0.39 is 6.10 Å². The van der Waals surface area contributed by atoms with E-state index >= 15 is 0 Å². The molecule has 0 spiro atoms. The minimum atomic E-state index is -0.473. The van der Waals surface area contributed by atoms with Crippen LogP contribution in [-0.4, -0.2) is 37.8 Å². The molecule has 6 nitrogen and oxygen atoms in total. The Kier molecular flexibility index (Phi) is 2.96. The third-order valence-corrected chi connectivity index (χ3v) is 5.15. The van der Waals surface area contributed by atoms with Crippen LogP contribution in [0.3, 0.4) is 0 Å². The highest BCUT2D eigenvalue weighted by Gasteiger charge is 2.36. The summed E-state index contributed by atoms with van der Waals surface area (Å²) in [7, 11) is 0. The summed E-state index contributed by atoms with van der Waals surface area (Å²) in [6.45, 7) is 1.54. The first-order chi connectivity index (χ1) is 11.3. The Morgan fingerprint density at radius 1 is 1.26 bits per heavy atom. The minimum Gasteiger partial charge on any atom is -0.385 e. The highest BCUT2D eigenvalue weighted by Crippen LogP contribution is 2.43. The molecule has 0 amide bonds. The molecule has 23 heavy (non-hydrogen) atoms. The Labute approximate surface area is 133 Å². The van der Waals surface area contributed by atoms with Crippen LogP contribution in [0.5, 0.6) is 0 Å². The Bertz CT molecular complexity index is 858. The number of ether oxygens (including phenoxy) is 1. The fourth-order valence-electron chi connectivity index (χ4n) is 3.75. The van der Waals surface area contributed by atoms with E-state index in [1.807, 2.05) is 12.4 Å². The van der Waals surface area contributed by atoms with Crippen LogP contribution in [0.15, 0.2) is 18.5 Å². The molecule has 3 aromatic rings. The van der Waals surface area contributed by atoms with Crippen molar-refractivity contribution in [2.75, 3.05) is 13.2 Å². The molecule has 0 aromatic carbocycles. The Morgan fingerprint density at radius 3 is 2.87 bits per heavy atom. The van der Waals surface area contributed by atoms with Crippen molar-refractivity contribution < 1.29 is 9.84 Å². The Balaban J connectivity index is 1.77. The Hall–Kier alpha value is -1.92. The van der Waals surface area contributed by atoms with Gasteiger partial charge in [-0.1, -0.05) is 0 Å². The molecule has 5 rings (SSSR count). The maximum atomic E-state index is 10.8. The van der Waals surface area contributed by atoms with E-state index in [4.69, 9.17) is 9.72 Å². The van der Waals surface area contributed by atoms with Crippen molar-refractivity contribution in [3.8, 4) is 0 Å². The van der Waals surface area contributed by atoms with Crippen LogP contribution in [-0.2, 0) is 4.74 Å². The molecule has 0 bridgehead atoms. The van der Waals surface area contributed by atoms with E-state index in [0.717, 1.165) is 66.8 Å². The first kappa shape index (κ1) is 13.5. The van der Waals surface area contributed by atoms with Gasteiger partial charge in [-0.25, -0.2) is 9.97 Å². The van der Waals surface area contributed by atoms with Crippen LogP contribution in [0.1, 0.15) is 43.7 Å². The number of aliphatic hydroxyl groups is 1. The number of rotatable bonds is 3. The number of nitrogens with one attached hydrogen (secondary N) is 1. The Morgan fingerprint density at radius 2 is 2.09 bits per heavy atom. The first-order valence-corrected chi connectivity index (χ1v) is 8.42. The summed E-state index contributed by atoms with van der Waals surface area (Å²) in [5, 5.41) is 11.8. The molecule has 1 saturated carbocycles. The second-order valence-corrected chi connectivity index (χ2v) is 6.70. The SMILES string of the molecule is OC(c1nc2cnc3[nH]ccc3c2n1C1CCOCC1)C1CC1. The van der Waals surface area contributed by atoms with Gasteiger partial charge < -0.3 is 19.4 Å². The fraction of sp³-hybridized carbons (Fsp3) is 0.529. The van der Waals surface area contributed by atoms with E-state index in [9.17, 15) is 5.11 Å². The molecule has 4 heterocycles. The molecule has 1 aliphatic heterocycles. The highest BCUT2D eigenvalue weighted by atomic mass is 16.5. The van der Waals surface area contributed by atoms with Crippen molar-refractivity contribution in [3.63, 3.8) is 0 Å². The van der Waals surface area contributed by atoms with Gasteiger partial charge in [0.25, 0.3) is 0 Å². The molecular formula is C17H20N4O2. The van der Waals surface area contributed by atoms with Crippen molar-refractivity contribution in [1.82, 2.24) is 19.5 Å². The average molecular weight is 312 g/mol. The fourth-order valence-corrected chi connectivity index (χ4v) is 3.75. The third kappa shape index (κ3) is 2.09. The zero-order valence-electron chi connectivity index (χ0n) is 12.9. The predicted octanol–water partition coefficient (Wildman–Crippen LogP) is 2.71. The summed E-state index contributed by atoms with van der Waals surface area (Å²) in [4.78, 5) is 12.4.